The Balaban J connectivity index is 1.26. The average molecular weight is 496 g/mol. The van der Waals surface area contributed by atoms with Gasteiger partial charge in [0.1, 0.15) is 11.9 Å². The van der Waals surface area contributed by atoms with Gasteiger partial charge in [0.15, 0.2) is 0 Å². The molecule has 0 saturated carbocycles. The molecule has 1 saturated heterocycles. The Morgan fingerprint density at radius 1 is 1.17 bits per heavy atom. The molecule has 7 heteroatoms. The zero-order valence-electron chi connectivity index (χ0n) is 21.9. The van der Waals surface area contributed by atoms with Gasteiger partial charge in [-0.15, -0.1) is 0 Å². The summed E-state index contributed by atoms with van der Waals surface area (Å²) < 4.78 is 12.1. The second-order valence-electron chi connectivity index (χ2n) is 10.3. The summed E-state index contributed by atoms with van der Waals surface area (Å²) >= 11 is 0. The van der Waals surface area contributed by atoms with Gasteiger partial charge in [-0.3, -0.25) is 9.69 Å². The summed E-state index contributed by atoms with van der Waals surface area (Å²) in [5, 5.41) is 13.6. The van der Waals surface area contributed by atoms with Crippen LogP contribution in [0.15, 0.2) is 36.4 Å². The van der Waals surface area contributed by atoms with Crippen LogP contribution in [-0.2, 0) is 27.1 Å². The van der Waals surface area contributed by atoms with Crippen LogP contribution in [-0.4, -0.2) is 59.4 Å². The number of aryl methyl sites for hydroxylation is 2. The molecule has 3 atom stereocenters. The molecule has 2 aromatic rings. The predicted molar refractivity (Wildman–Crippen MR) is 141 cm³/mol. The van der Waals surface area contributed by atoms with Crippen molar-refractivity contribution in [2.24, 2.45) is 0 Å². The van der Waals surface area contributed by atoms with E-state index in [2.05, 4.69) is 17.4 Å². The number of likely N-dealkylation sites (tertiary alicyclic amines) is 1. The van der Waals surface area contributed by atoms with Gasteiger partial charge in [-0.1, -0.05) is 30.3 Å². The van der Waals surface area contributed by atoms with Crippen molar-refractivity contribution in [1.29, 1.82) is 0 Å². The molecular formula is C29H41N3O4. The minimum Gasteiger partial charge on any atom is -0.480 e. The number of ether oxygens (including phenoxy) is 2. The second kappa shape index (κ2) is 12.7. The van der Waals surface area contributed by atoms with Crippen molar-refractivity contribution in [1.82, 2.24) is 9.88 Å². The van der Waals surface area contributed by atoms with Crippen molar-refractivity contribution in [3.05, 3.63) is 58.8 Å². The molecule has 36 heavy (non-hydrogen) atoms. The van der Waals surface area contributed by atoms with Crippen LogP contribution in [0.4, 0.5) is 5.82 Å². The highest BCUT2D eigenvalue weighted by atomic mass is 16.5. The SMILES string of the molecule is CC(C)O[C@H](C)c1ccccc1[C@@H](C(=O)O)N1CC[C@@H](OCCCCc2ccc3c(n2)NCCC3)C1. The van der Waals surface area contributed by atoms with Crippen LogP contribution in [0.25, 0.3) is 0 Å². The molecule has 0 amide bonds. The number of aromatic nitrogens is 1. The summed E-state index contributed by atoms with van der Waals surface area (Å²) in [5.41, 5.74) is 4.21. The fraction of sp³-hybridized carbons (Fsp3) is 0.586. The molecule has 0 aliphatic carbocycles. The Morgan fingerprint density at radius 2 is 1.97 bits per heavy atom. The molecule has 0 radical (unpaired) electrons. The second-order valence-corrected chi connectivity index (χ2v) is 10.3. The zero-order valence-corrected chi connectivity index (χ0v) is 21.9. The molecule has 0 bridgehead atoms. The highest BCUT2D eigenvalue weighted by molar-refractivity contribution is 5.76. The smallest absolute Gasteiger partial charge is 0.325 e. The van der Waals surface area contributed by atoms with Crippen LogP contribution in [0.2, 0.25) is 0 Å². The number of carbonyl (C=O) groups is 1. The average Bonchev–Trinajstić information content (AvgIpc) is 3.31. The Labute approximate surface area is 215 Å². The first kappa shape index (κ1) is 26.6. The van der Waals surface area contributed by atoms with Gasteiger partial charge in [-0.25, -0.2) is 4.98 Å². The van der Waals surface area contributed by atoms with Crippen molar-refractivity contribution in [3.8, 4) is 0 Å². The molecule has 7 nitrogen and oxygen atoms in total. The number of aliphatic carboxylic acids is 1. The van der Waals surface area contributed by atoms with Crippen molar-refractivity contribution in [2.75, 3.05) is 31.6 Å². The summed E-state index contributed by atoms with van der Waals surface area (Å²) in [6.07, 6.45) is 6.05. The van der Waals surface area contributed by atoms with Crippen LogP contribution >= 0.6 is 0 Å². The van der Waals surface area contributed by atoms with E-state index in [0.29, 0.717) is 19.7 Å². The number of hydrogen-bond acceptors (Lipinski definition) is 6. The third-order valence-corrected chi connectivity index (χ3v) is 7.11. The van der Waals surface area contributed by atoms with Crippen molar-refractivity contribution in [2.45, 2.75) is 83.6 Å². The Hall–Kier alpha value is -2.48. The highest BCUT2D eigenvalue weighted by Crippen LogP contribution is 2.33. The maximum atomic E-state index is 12.4. The number of carboxylic acids is 1. The van der Waals surface area contributed by atoms with E-state index in [4.69, 9.17) is 14.5 Å². The number of nitrogens with zero attached hydrogens (tertiary/aromatic N) is 2. The summed E-state index contributed by atoms with van der Waals surface area (Å²) in [7, 11) is 0. The lowest BCUT2D eigenvalue weighted by Gasteiger charge is -2.28. The van der Waals surface area contributed by atoms with Gasteiger partial charge in [0.05, 0.1) is 18.3 Å². The van der Waals surface area contributed by atoms with Crippen LogP contribution in [0.3, 0.4) is 0 Å². The van der Waals surface area contributed by atoms with Gasteiger partial charge in [-0.05, 0) is 82.1 Å². The van der Waals surface area contributed by atoms with E-state index in [1.165, 1.54) is 12.0 Å². The largest absolute Gasteiger partial charge is 0.480 e. The number of pyridine rings is 1. The first-order chi connectivity index (χ1) is 17.4. The van der Waals surface area contributed by atoms with Crippen LogP contribution < -0.4 is 5.32 Å². The van der Waals surface area contributed by atoms with E-state index in [-0.39, 0.29) is 18.3 Å². The molecule has 1 fully saturated rings. The molecule has 1 aromatic heterocycles. The summed E-state index contributed by atoms with van der Waals surface area (Å²) in [6.45, 7) is 9.02. The van der Waals surface area contributed by atoms with E-state index in [1.54, 1.807) is 0 Å². The standard InChI is InChI=1S/C29H41N3O4/c1-20(2)36-21(3)25-11-4-5-12-26(25)27(29(33)34)32-17-15-24(19-32)35-18-7-6-10-23-14-13-22-9-8-16-30-28(22)31-23/h4-5,11-14,20-21,24,27H,6-10,15-19H2,1-3H3,(H,30,31)(H,33,34)/t21-,24-,27+/m1/s1. The Kier molecular flexibility index (Phi) is 9.35. The third-order valence-electron chi connectivity index (χ3n) is 7.11. The van der Waals surface area contributed by atoms with E-state index in [9.17, 15) is 9.90 Å². The molecule has 0 spiro atoms. The number of benzene rings is 1. The number of carboxylic acid groups (broad SMARTS) is 1. The van der Waals surface area contributed by atoms with Gasteiger partial charge >= 0.3 is 5.97 Å². The van der Waals surface area contributed by atoms with Gasteiger partial charge < -0.3 is 19.9 Å². The number of rotatable bonds is 12. The summed E-state index contributed by atoms with van der Waals surface area (Å²) in [6, 6.07) is 11.4. The maximum Gasteiger partial charge on any atom is 0.325 e. The van der Waals surface area contributed by atoms with E-state index in [0.717, 1.165) is 61.3 Å². The van der Waals surface area contributed by atoms with Crippen molar-refractivity contribution < 1.29 is 19.4 Å². The van der Waals surface area contributed by atoms with Gasteiger partial charge in [-0.2, -0.15) is 0 Å². The van der Waals surface area contributed by atoms with Crippen LogP contribution in [0.1, 0.15) is 81.0 Å². The van der Waals surface area contributed by atoms with Gasteiger partial charge in [0, 0.05) is 31.9 Å². The van der Waals surface area contributed by atoms with Gasteiger partial charge in [0.25, 0.3) is 0 Å². The van der Waals surface area contributed by atoms with E-state index < -0.39 is 12.0 Å². The lowest BCUT2D eigenvalue weighted by atomic mass is 9.96. The van der Waals surface area contributed by atoms with Gasteiger partial charge in [0.2, 0.25) is 0 Å². The third kappa shape index (κ3) is 6.84. The fourth-order valence-corrected chi connectivity index (χ4v) is 5.39. The quantitative estimate of drug-likeness (QED) is 0.393. The molecule has 3 heterocycles. The van der Waals surface area contributed by atoms with E-state index >= 15 is 0 Å². The van der Waals surface area contributed by atoms with Crippen molar-refractivity contribution >= 4 is 11.8 Å². The number of anilines is 1. The van der Waals surface area contributed by atoms with E-state index in [1.807, 2.05) is 49.9 Å². The molecule has 2 N–H and O–H groups in total. The predicted octanol–water partition coefficient (Wildman–Crippen LogP) is 5.17. The Morgan fingerprint density at radius 3 is 2.75 bits per heavy atom. The molecular weight excluding hydrogens is 454 g/mol. The number of unbranched alkanes of at least 4 members (excludes halogenated alkanes) is 1. The summed E-state index contributed by atoms with van der Waals surface area (Å²) in [5.74, 6) is 0.229. The molecule has 2 aliphatic rings. The highest BCUT2D eigenvalue weighted by Gasteiger charge is 2.35. The van der Waals surface area contributed by atoms with Crippen LogP contribution in [0.5, 0.6) is 0 Å². The monoisotopic (exact) mass is 495 g/mol. The molecule has 1 aromatic carbocycles. The fourth-order valence-electron chi connectivity index (χ4n) is 5.39. The minimum absolute atomic E-state index is 0.0643. The minimum atomic E-state index is -0.827. The number of hydrogen-bond donors (Lipinski definition) is 2. The number of fused-ring (bicyclic) bond motifs is 1. The molecule has 196 valence electrons. The van der Waals surface area contributed by atoms with Crippen LogP contribution in [0, 0.1) is 0 Å². The summed E-state index contributed by atoms with van der Waals surface area (Å²) in [4.78, 5) is 19.2. The maximum absolute atomic E-state index is 12.4. The Bertz CT molecular complexity index is 1010. The molecule has 0 unspecified atom stereocenters. The lowest BCUT2D eigenvalue weighted by Crippen LogP contribution is -2.34. The topological polar surface area (TPSA) is 83.9 Å². The first-order valence-corrected chi connectivity index (χ1v) is 13.5. The first-order valence-electron chi connectivity index (χ1n) is 13.5. The normalized spacial score (nSPS) is 19.6. The van der Waals surface area contributed by atoms with Crippen molar-refractivity contribution in [3.63, 3.8) is 0 Å². The number of nitrogens with one attached hydrogen (secondary N) is 1. The zero-order chi connectivity index (χ0) is 25.5. The lowest BCUT2D eigenvalue weighted by molar-refractivity contribution is -0.143. The molecule has 4 rings (SSSR count). The molecule has 2 aliphatic heterocycles.